The van der Waals surface area contributed by atoms with Crippen molar-refractivity contribution in [1.29, 1.82) is 0 Å². The number of aliphatic hydroxyl groups is 5. The lowest BCUT2D eigenvalue weighted by molar-refractivity contribution is -0.163. The summed E-state index contributed by atoms with van der Waals surface area (Å²) in [6.07, 6.45) is 23.5. The molecule has 0 aliphatic heterocycles. The lowest BCUT2D eigenvalue weighted by Crippen LogP contribution is -2.40. The highest BCUT2D eigenvalue weighted by Gasteiger charge is 2.29. The Kier molecular flexibility index (Phi) is 35.3. The number of carbonyl (C=O) groups excluding carboxylic acids is 2. The lowest BCUT2D eigenvalue weighted by Gasteiger charge is -2.20. The fraction of sp³-hybridized carbons (Fsp3) is 0.941. The third kappa shape index (κ3) is 30.4. The van der Waals surface area contributed by atoms with Crippen LogP contribution >= 0.6 is 0 Å². The molecule has 0 spiro atoms. The molecule has 0 rings (SSSR count). The smallest absolute Gasteiger partial charge is 0.306 e. The zero-order valence-electron chi connectivity index (χ0n) is 27.3. The van der Waals surface area contributed by atoms with Crippen LogP contribution in [-0.2, 0) is 14.3 Å². The fourth-order valence-electron chi connectivity index (χ4n) is 4.75. The Morgan fingerprint density at radius 2 is 0.833 bits per heavy atom. The molecule has 0 radical (unpaired) electrons. The number of ketones is 1. The highest BCUT2D eigenvalue weighted by molar-refractivity contribution is 5.86. The number of carbonyl (C=O) groups is 2. The van der Waals surface area contributed by atoms with Crippen LogP contribution in [0.5, 0.6) is 0 Å². The lowest BCUT2D eigenvalue weighted by atomic mass is 10.0. The number of Topliss-reactive ketones (excluding diaryl/α,β-unsaturated/α-hetero) is 1. The van der Waals surface area contributed by atoms with Crippen LogP contribution < -0.4 is 0 Å². The second-order valence-corrected chi connectivity index (χ2v) is 11.7. The van der Waals surface area contributed by atoms with Crippen LogP contribution in [0.3, 0.4) is 0 Å². The van der Waals surface area contributed by atoms with E-state index in [1.165, 1.54) is 103 Å². The van der Waals surface area contributed by atoms with Crippen LogP contribution in [0.1, 0.15) is 168 Å². The van der Waals surface area contributed by atoms with Gasteiger partial charge in [-0.1, -0.05) is 142 Å². The van der Waals surface area contributed by atoms with E-state index in [9.17, 15) is 19.8 Å². The van der Waals surface area contributed by atoms with E-state index >= 15 is 0 Å². The molecule has 0 amide bonds. The Bertz CT molecular complexity index is 568. The largest absolute Gasteiger partial charge is 0.451 e. The summed E-state index contributed by atoms with van der Waals surface area (Å²) >= 11 is 0. The van der Waals surface area contributed by atoms with E-state index in [0.717, 1.165) is 38.5 Å². The molecular formula is C34H68O8. The molecule has 0 saturated carbocycles. The topological polar surface area (TPSA) is 145 Å². The molecular weight excluding hydrogens is 536 g/mol. The Balaban J connectivity index is 0. The summed E-state index contributed by atoms with van der Waals surface area (Å²) in [6, 6.07) is 0. The van der Waals surface area contributed by atoms with Crippen LogP contribution in [0.25, 0.3) is 0 Å². The SMILES string of the molecule is CCCCCCCCCCCCCC(=O)OC(C(=O)CCCCCCCCCCCCC)C(O)CO.OCC(O)CO. The van der Waals surface area contributed by atoms with Gasteiger partial charge in [0.05, 0.1) is 19.8 Å². The first-order valence-electron chi connectivity index (χ1n) is 17.3. The Labute approximate surface area is 257 Å². The minimum Gasteiger partial charge on any atom is -0.451 e. The van der Waals surface area contributed by atoms with Gasteiger partial charge in [-0.15, -0.1) is 0 Å². The first-order chi connectivity index (χ1) is 20.4. The summed E-state index contributed by atoms with van der Waals surface area (Å²) in [7, 11) is 0. The van der Waals surface area contributed by atoms with Crippen molar-refractivity contribution in [2.45, 2.75) is 186 Å². The number of ether oxygens (including phenoxy) is 1. The summed E-state index contributed by atoms with van der Waals surface area (Å²) in [4.78, 5) is 24.8. The number of aliphatic hydroxyl groups excluding tert-OH is 5. The van der Waals surface area contributed by atoms with E-state index in [4.69, 9.17) is 20.1 Å². The van der Waals surface area contributed by atoms with Crippen molar-refractivity contribution < 1.29 is 39.9 Å². The van der Waals surface area contributed by atoms with Crippen molar-refractivity contribution in [3.05, 3.63) is 0 Å². The van der Waals surface area contributed by atoms with Gasteiger partial charge in [0.1, 0.15) is 12.2 Å². The maximum absolute atomic E-state index is 12.6. The molecule has 2 unspecified atom stereocenters. The van der Waals surface area contributed by atoms with Gasteiger partial charge in [-0.25, -0.2) is 0 Å². The van der Waals surface area contributed by atoms with Gasteiger partial charge in [0.15, 0.2) is 11.9 Å². The van der Waals surface area contributed by atoms with Gasteiger partial charge < -0.3 is 30.3 Å². The molecule has 252 valence electrons. The highest BCUT2D eigenvalue weighted by Crippen LogP contribution is 2.15. The normalized spacial score (nSPS) is 12.6. The predicted molar refractivity (Wildman–Crippen MR) is 170 cm³/mol. The third-order valence-electron chi connectivity index (χ3n) is 7.54. The number of hydrogen-bond acceptors (Lipinski definition) is 8. The van der Waals surface area contributed by atoms with E-state index in [0.29, 0.717) is 0 Å². The standard InChI is InChI=1S/C31H60O5.C3H8O3/c1-3-5-7-9-11-13-15-17-19-21-23-25-28(33)31(29(34)27-32)36-30(35)26-24-22-20-18-16-14-12-10-8-6-4-2;4-1-3(6)2-5/h29,31-32,34H,3-27H2,1-2H3;3-6H,1-2H2. The number of hydrogen-bond donors (Lipinski definition) is 5. The average molecular weight is 605 g/mol. The maximum atomic E-state index is 12.6. The zero-order chi connectivity index (χ0) is 31.7. The monoisotopic (exact) mass is 604 g/mol. The fourth-order valence-corrected chi connectivity index (χ4v) is 4.75. The molecule has 0 aromatic rings. The van der Waals surface area contributed by atoms with Crippen LogP contribution in [0, 0.1) is 0 Å². The molecule has 0 aliphatic carbocycles. The van der Waals surface area contributed by atoms with Crippen LogP contribution in [0.2, 0.25) is 0 Å². The highest BCUT2D eigenvalue weighted by atomic mass is 16.6. The molecule has 0 fully saturated rings. The molecule has 2 atom stereocenters. The quantitative estimate of drug-likeness (QED) is 0.0458. The van der Waals surface area contributed by atoms with Crippen molar-refractivity contribution >= 4 is 11.8 Å². The van der Waals surface area contributed by atoms with Crippen LogP contribution in [-0.4, -0.2) is 75.4 Å². The number of esters is 1. The van der Waals surface area contributed by atoms with Crippen molar-refractivity contribution in [3.8, 4) is 0 Å². The first-order valence-corrected chi connectivity index (χ1v) is 17.3. The van der Waals surface area contributed by atoms with Crippen molar-refractivity contribution in [1.82, 2.24) is 0 Å². The zero-order valence-corrected chi connectivity index (χ0v) is 27.3. The van der Waals surface area contributed by atoms with E-state index in [-0.39, 0.29) is 31.8 Å². The number of rotatable bonds is 30. The third-order valence-corrected chi connectivity index (χ3v) is 7.54. The van der Waals surface area contributed by atoms with Gasteiger partial charge in [-0.3, -0.25) is 9.59 Å². The van der Waals surface area contributed by atoms with Gasteiger partial charge in [0.2, 0.25) is 0 Å². The van der Waals surface area contributed by atoms with Gasteiger partial charge in [-0.2, -0.15) is 0 Å². The van der Waals surface area contributed by atoms with Gasteiger partial charge in [-0.05, 0) is 12.8 Å². The molecule has 0 aromatic heterocycles. The molecule has 0 heterocycles. The van der Waals surface area contributed by atoms with Crippen molar-refractivity contribution in [2.24, 2.45) is 0 Å². The second kappa shape index (κ2) is 34.4. The van der Waals surface area contributed by atoms with Gasteiger partial charge in [0.25, 0.3) is 0 Å². The molecule has 5 N–H and O–H groups in total. The summed E-state index contributed by atoms with van der Waals surface area (Å²) in [5.41, 5.74) is 0. The average Bonchev–Trinajstić information content (AvgIpc) is 3.00. The first kappa shape index (κ1) is 43.1. The Morgan fingerprint density at radius 3 is 1.14 bits per heavy atom. The minimum atomic E-state index is -1.34. The summed E-state index contributed by atoms with van der Waals surface area (Å²) in [5, 5.41) is 43.4. The maximum Gasteiger partial charge on any atom is 0.306 e. The van der Waals surface area contributed by atoms with E-state index in [1.54, 1.807) is 0 Å². The minimum absolute atomic E-state index is 0.261. The molecule has 0 bridgehead atoms. The molecule has 42 heavy (non-hydrogen) atoms. The van der Waals surface area contributed by atoms with Gasteiger partial charge in [0, 0.05) is 12.8 Å². The molecule has 8 nitrogen and oxygen atoms in total. The predicted octanol–water partition coefficient (Wildman–Crippen LogP) is 6.55. The van der Waals surface area contributed by atoms with E-state index in [1.807, 2.05) is 0 Å². The molecule has 0 aliphatic rings. The van der Waals surface area contributed by atoms with E-state index in [2.05, 4.69) is 13.8 Å². The van der Waals surface area contributed by atoms with Crippen molar-refractivity contribution in [2.75, 3.05) is 19.8 Å². The molecule has 8 heteroatoms. The summed E-state index contributed by atoms with van der Waals surface area (Å²) in [5.74, 6) is -0.726. The Morgan fingerprint density at radius 1 is 0.500 bits per heavy atom. The molecule has 0 saturated heterocycles. The van der Waals surface area contributed by atoms with E-state index < -0.39 is 30.9 Å². The Hall–Kier alpha value is -1.06. The van der Waals surface area contributed by atoms with Crippen LogP contribution in [0.4, 0.5) is 0 Å². The summed E-state index contributed by atoms with van der Waals surface area (Å²) < 4.78 is 5.31. The molecule has 0 aromatic carbocycles. The summed E-state index contributed by atoms with van der Waals surface area (Å²) in [6.45, 7) is 3.16. The van der Waals surface area contributed by atoms with Gasteiger partial charge >= 0.3 is 5.97 Å². The second-order valence-electron chi connectivity index (χ2n) is 11.7. The van der Waals surface area contributed by atoms with Crippen molar-refractivity contribution in [3.63, 3.8) is 0 Å². The van der Waals surface area contributed by atoms with Crippen LogP contribution in [0.15, 0.2) is 0 Å². The number of unbranched alkanes of at least 4 members (excludes halogenated alkanes) is 20.